The second kappa shape index (κ2) is 5.17. The maximum absolute atomic E-state index is 12.3. The first kappa shape index (κ1) is 15.0. The number of halogens is 1. The molecule has 0 aliphatic carbocycles. The molecule has 1 N–H and O–H groups in total. The summed E-state index contributed by atoms with van der Waals surface area (Å²) in [4.78, 5) is 0. The van der Waals surface area contributed by atoms with Gasteiger partial charge in [0.15, 0.2) is 0 Å². The van der Waals surface area contributed by atoms with Gasteiger partial charge >= 0.3 is 0 Å². The van der Waals surface area contributed by atoms with E-state index in [4.69, 9.17) is 16.3 Å². The molecule has 0 amide bonds. The topological polar surface area (TPSA) is 38.3 Å². The maximum Gasteiger partial charge on any atom is 0.102 e. The first-order valence-corrected chi connectivity index (χ1v) is 7.81. The monoisotopic (exact) mass is 301 g/mol. The maximum atomic E-state index is 12.3. The molecule has 1 atom stereocenters. The summed E-state index contributed by atoms with van der Waals surface area (Å²) in [5.41, 5.74) is 1.85. The van der Waals surface area contributed by atoms with Gasteiger partial charge in [0.05, 0.1) is 28.9 Å². The minimum atomic E-state index is -1.13. The van der Waals surface area contributed by atoms with E-state index in [9.17, 15) is 4.21 Å². The molecule has 5 heteroatoms. The molecule has 1 fully saturated rings. The molecule has 1 aromatic rings. The summed E-state index contributed by atoms with van der Waals surface area (Å²) in [7, 11) is -1.13. The largest absolute Gasteiger partial charge is 0.377 e. The summed E-state index contributed by atoms with van der Waals surface area (Å²) in [5.74, 6) is 0. The number of rotatable bonds is 3. The standard InChI is InChI=1S/C14H20ClNO2S/c1-10-7-11(15)5-6-12(10)14(8-18-9-14)16-19(17)13(2,3)4/h5-7,16H,8-9H2,1-4H3. The molecular formula is C14H20ClNO2S. The van der Waals surface area contributed by atoms with Crippen LogP contribution in [0.25, 0.3) is 0 Å². The molecule has 0 aromatic heterocycles. The van der Waals surface area contributed by atoms with Crippen molar-refractivity contribution in [2.75, 3.05) is 13.2 Å². The molecule has 1 heterocycles. The zero-order valence-corrected chi connectivity index (χ0v) is 13.3. The third kappa shape index (κ3) is 3.02. The second-order valence-corrected chi connectivity index (χ2v) is 8.42. The van der Waals surface area contributed by atoms with Crippen LogP contribution in [0.4, 0.5) is 0 Å². The molecule has 3 nitrogen and oxygen atoms in total. The van der Waals surface area contributed by atoms with E-state index in [2.05, 4.69) is 4.72 Å². The Kier molecular flexibility index (Phi) is 4.07. The molecule has 1 aliphatic heterocycles. The van der Waals surface area contributed by atoms with Crippen LogP contribution in [-0.4, -0.2) is 22.2 Å². The Morgan fingerprint density at radius 1 is 1.37 bits per heavy atom. The Hall–Kier alpha value is -0.420. The lowest BCUT2D eigenvalue weighted by Crippen LogP contribution is -2.60. The first-order valence-electron chi connectivity index (χ1n) is 6.29. The fourth-order valence-corrected chi connectivity index (χ4v) is 3.19. The number of hydrogen-bond donors (Lipinski definition) is 1. The van der Waals surface area contributed by atoms with Crippen LogP contribution in [0.15, 0.2) is 18.2 Å². The molecule has 0 saturated carbocycles. The lowest BCUT2D eigenvalue weighted by molar-refractivity contribution is -0.0662. The number of nitrogens with one attached hydrogen (secondary N) is 1. The SMILES string of the molecule is Cc1cc(Cl)ccc1C1(NS(=O)C(C)(C)C)COC1. The normalized spacial score (nSPS) is 19.8. The average molecular weight is 302 g/mol. The highest BCUT2D eigenvalue weighted by atomic mass is 35.5. The molecule has 1 aromatic carbocycles. The van der Waals surface area contributed by atoms with Crippen molar-refractivity contribution in [1.29, 1.82) is 0 Å². The van der Waals surface area contributed by atoms with E-state index < -0.39 is 11.0 Å². The van der Waals surface area contributed by atoms with Gasteiger partial charge in [-0.1, -0.05) is 17.7 Å². The highest BCUT2D eigenvalue weighted by Gasteiger charge is 2.44. The van der Waals surface area contributed by atoms with Gasteiger partial charge in [-0.15, -0.1) is 0 Å². The molecule has 1 saturated heterocycles. The van der Waals surface area contributed by atoms with Gasteiger partial charge in [0.1, 0.15) is 5.54 Å². The van der Waals surface area contributed by atoms with E-state index in [0.717, 1.165) is 11.1 Å². The summed E-state index contributed by atoms with van der Waals surface area (Å²) >= 11 is 5.99. The fraction of sp³-hybridized carbons (Fsp3) is 0.571. The molecule has 1 unspecified atom stereocenters. The van der Waals surface area contributed by atoms with Gasteiger partial charge in [0.25, 0.3) is 0 Å². The Morgan fingerprint density at radius 2 is 2.00 bits per heavy atom. The van der Waals surface area contributed by atoms with E-state index in [0.29, 0.717) is 18.2 Å². The van der Waals surface area contributed by atoms with E-state index >= 15 is 0 Å². The van der Waals surface area contributed by atoms with E-state index in [1.54, 1.807) is 0 Å². The zero-order chi connectivity index (χ0) is 14.3. The Labute approximate surface area is 122 Å². The van der Waals surface area contributed by atoms with Crippen molar-refractivity contribution in [3.63, 3.8) is 0 Å². The van der Waals surface area contributed by atoms with E-state index in [-0.39, 0.29) is 10.3 Å². The quantitative estimate of drug-likeness (QED) is 0.932. The van der Waals surface area contributed by atoms with Gasteiger partial charge in [0, 0.05) is 5.02 Å². The Bertz CT molecular complexity index is 507. The Balaban J connectivity index is 2.30. The van der Waals surface area contributed by atoms with Crippen molar-refractivity contribution in [3.05, 3.63) is 34.3 Å². The van der Waals surface area contributed by atoms with Crippen LogP contribution < -0.4 is 4.72 Å². The van der Waals surface area contributed by atoms with Gasteiger partial charge in [-0.2, -0.15) is 0 Å². The second-order valence-electron chi connectivity index (χ2n) is 6.02. The smallest absolute Gasteiger partial charge is 0.102 e. The van der Waals surface area contributed by atoms with Crippen LogP contribution in [0.3, 0.4) is 0 Å². The van der Waals surface area contributed by atoms with Crippen molar-refractivity contribution in [3.8, 4) is 0 Å². The summed E-state index contributed by atoms with van der Waals surface area (Å²) < 4.78 is 20.7. The molecule has 0 radical (unpaired) electrons. The van der Waals surface area contributed by atoms with Crippen molar-refractivity contribution in [2.45, 2.75) is 38.0 Å². The van der Waals surface area contributed by atoms with E-state index in [1.807, 2.05) is 45.9 Å². The van der Waals surface area contributed by atoms with Crippen molar-refractivity contribution in [1.82, 2.24) is 4.72 Å². The third-order valence-corrected chi connectivity index (χ3v) is 5.17. The zero-order valence-electron chi connectivity index (χ0n) is 11.7. The van der Waals surface area contributed by atoms with Crippen molar-refractivity contribution < 1.29 is 8.95 Å². The number of hydrogen-bond acceptors (Lipinski definition) is 2. The van der Waals surface area contributed by atoms with Gasteiger partial charge in [-0.05, 0) is 51.0 Å². The summed E-state index contributed by atoms with van der Waals surface area (Å²) in [5, 5.41) is 0.716. The highest BCUT2D eigenvalue weighted by molar-refractivity contribution is 7.84. The molecule has 0 bridgehead atoms. The predicted molar refractivity (Wildman–Crippen MR) is 79.7 cm³/mol. The minimum Gasteiger partial charge on any atom is -0.377 e. The van der Waals surface area contributed by atoms with Crippen LogP contribution >= 0.6 is 11.6 Å². The van der Waals surface area contributed by atoms with Gasteiger partial charge in [0.2, 0.25) is 0 Å². The highest BCUT2D eigenvalue weighted by Crippen LogP contribution is 2.34. The summed E-state index contributed by atoms with van der Waals surface area (Å²) in [6.07, 6.45) is 0. The van der Waals surface area contributed by atoms with Crippen LogP contribution in [0, 0.1) is 6.92 Å². The summed E-state index contributed by atoms with van der Waals surface area (Å²) in [6, 6.07) is 5.79. The minimum absolute atomic E-state index is 0.303. The molecule has 19 heavy (non-hydrogen) atoms. The van der Waals surface area contributed by atoms with Crippen molar-refractivity contribution >= 4 is 22.6 Å². The number of aryl methyl sites for hydroxylation is 1. The van der Waals surface area contributed by atoms with Crippen LogP contribution in [-0.2, 0) is 21.3 Å². The van der Waals surface area contributed by atoms with Crippen LogP contribution in [0.2, 0.25) is 5.02 Å². The number of ether oxygens (including phenoxy) is 1. The van der Waals surface area contributed by atoms with Crippen molar-refractivity contribution in [2.24, 2.45) is 0 Å². The van der Waals surface area contributed by atoms with Crippen LogP contribution in [0.5, 0.6) is 0 Å². The first-order chi connectivity index (χ1) is 8.74. The third-order valence-electron chi connectivity index (χ3n) is 3.25. The average Bonchev–Trinajstić information content (AvgIpc) is 2.22. The van der Waals surface area contributed by atoms with Gasteiger partial charge < -0.3 is 4.74 Å². The number of benzene rings is 1. The fourth-order valence-electron chi connectivity index (χ4n) is 2.07. The van der Waals surface area contributed by atoms with Crippen LogP contribution in [0.1, 0.15) is 31.9 Å². The van der Waals surface area contributed by atoms with Gasteiger partial charge in [-0.25, -0.2) is 8.93 Å². The predicted octanol–water partition coefficient (Wildman–Crippen LogP) is 2.93. The lowest BCUT2D eigenvalue weighted by Gasteiger charge is -2.44. The molecule has 0 spiro atoms. The molecule has 106 valence electrons. The van der Waals surface area contributed by atoms with E-state index in [1.165, 1.54) is 0 Å². The van der Waals surface area contributed by atoms with Gasteiger partial charge in [-0.3, -0.25) is 0 Å². The Morgan fingerprint density at radius 3 is 2.42 bits per heavy atom. The molecular weight excluding hydrogens is 282 g/mol. The molecule has 1 aliphatic rings. The molecule has 2 rings (SSSR count). The lowest BCUT2D eigenvalue weighted by atomic mass is 9.86. The summed E-state index contributed by atoms with van der Waals surface area (Å²) in [6.45, 7) is 8.96.